The zero-order valence-electron chi connectivity index (χ0n) is 14.7. The molecule has 1 aliphatic heterocycles. The molecule has 4 rings (SSSR count). The van der Waals surface area contributed by atoms with E-state index in [4.69, 9.17) is 4.74 Å². The summed E-state index contributed by atoms with van der Waals surface area (Å²) in [5.41, 5.74) is 2.88. The summed E-state index contributed by atoms with van der Waals surface area (Å²) in [5.74, 6) is 0.446. The minimum absolute atomic E-state index is 0. The van der Waals surface area contributed by atoms with Gasteiger partial charge in [0.2, 0.25) is 0 Å². The normalized spacial score (nSPS) is 22.5. The van der Waals surface area contributed by atoms with Crippen molar-refractivity contribution in [1.82, 2.24) is 9.69 Å². The van der Waals surface area contributed by atoms with E-state index in [9.17, 15) is 4.79 Å². The SMILES string of the molecule is Cc1cc(NC(=O)c2cccc(C3CC3NC3CCOCC3)c2)sn1.Cl. The molecule has 2 aliphatic rings. The van der Waals surface area contributed by atoms with Gasteiger partial charge in [-0.1, -0.05) is 12.1 Å². The van der Waals surface area contributed by atoms with E-state index < -0.39 is 0 Å². The van der Waals surface area contributed by atoms with Crippen LogP contribution in [0, 0.1) is 6.92 Å². The number of aryl methyl sites for hydroxylation is 1. The fourth-order valence-electron chi connectivity index (χ4n) is 3.43. The Kier molecular flexibility index (Phi) is 6.29. The number of rotatable bonds is 5. The molecule has 1 saturated carbocycles. The van der Waals surface area contributed by atoms with Gasteiger partial charge in [-0.05, 0) is 61.5 Å². The van der Waals surface area contributed by atoms with Gasteiger partial charge in [-0.2, -0.15) is 4.37 Å². The van der Waals surface area contributed by atoms with E-state index in [1.54, 1.807) is 0 Å². The van der Waals surface area contributed by atoms with Gasteiger partial charge in [0.15, 0.2) is 0 Å². The highest BCUT2D eigenvalue weighted by Crippen LogP contribution is 2.41. The van der Waals surface area contributed by atoms with Crippen molar-refractivity contribution >= 4 is 34.8 Å². The largest absolute Gasteiger partial charge is 0.381 e. The van der Waals surface area contributed by atoms with Gasteiger partial charge < -0.3 is 15.4 Å². The lowest BCUT2D eigenvalue weighted by Gasteiger charge is -2.23. The van der Waals surface area contributed by atoms with E-state index in [-0.39, 0.29) is 18.3 Å². The van der Waals surface area contributed by atoms with E-state index in [0.717, 1.165) is 43.2 Å². The second kappa shape index (κ2) is 8.48. The maximum Gasteiger partial charge on any atom is 0.256 e. The molecule has 0 spiro atoms. The first-order chi connectivity index (χ1) is 12.2. The summed E-state index contributed by atoms with van der Waals surface area (Å²) in [6.07, 6.45) is 3.34. The van der Waals surface area contributed by atoms with Gasteiger partial charge in [-0.15, -0.1) is 12.4 Å². The quantitative estimate of drug-likeness (QED) is 0.812. The Morgan fingerprint density at radius 2 is 2.08 bits per heavy atom. The van der Waals surface area contributed by atoms with Crippen molar-refractivity contribution < 1.29 is 9.53 Å². The molecule has 2 unspecified atom stereocenters. The number of hydrogen-bond acceptors (Lipinski definition) is 5. The number of halogens is 1. The lowest BCUT2D eigenvalue weighted by Crippen LogP contribution is -2.36. The summed E-state index contributed by atoms with van der Waals surface area (Å²) in [6.45, 7) is 3.65. The zero-order valence-corrected chi connectivity index (χ0v) is 16.4. The van der Waals surface area contributed by atoms with E-state index in [1.807, 2.05) is 31.2 Å². The Labute approximate surface area is 164 Å². The van der Waals surface area contributed by atoms with Gasteiger partial charge in [0.25, 0.3) is 5.91 Å². The third kappa shape index (κ3) is 4.62. The number of amides is 1. The van der Waals surface area contributed by atoms with Crippen LogP contribution in [0.15, 0.2) is 30.3 Å². The monoisotopic (exact) mass is 393 g/mol. The van der Waals surface area contributed by atoms with Crippen molar-refractivity contribution in [3.05, 3.63) is 47.2 Å². The molecule has 7 heteroatoms. The Morgan fingerprint density at radius 1 is 1.27 bits per heavy atom. The lowest BCUT2D eigenvalue weighted by atomic mass is 10.1. The molecule has 2 heterocycles. The van der Waals surface area contributed by atoms with Crippen molar-refractivity contribution in [3.8, 4) is 0 Å². The molecule has 2 aromatic rings. The van der Waals surface area contributed by atoms with Crippen LogP contribution in [-0.2, 0) is 4.74 Å². The van der Waals surface area contributed by atoms with Crippen LogP contribution in [0.25, 0.3) is 0 Å². The van der Waals surface area contributed by atoms with Crippen LogP contribution in [0.1, 0.15) is 46.8 Å². The number of ether oxygens (including phenoxy) is 1. The minimum atomic E-state index is -0.0694. The number of nitrogens with one attached hydrogen (secondary N) is 2. The highest BCUT2D eigenvalue weighted by atomic mass is 35.5. The second-order valence-electron chi connectivity index (χ2n) is 6.91. The van der Waals surface area contributed by atoms with Gasteiger partial charge in [-0.3, -0.25) is 4.79 Å². The molecule has 1 saturated heterocycles. The van der Waals surface area contributed by atoms with Crippen LogP contribution in [0.3, 0.4) is 0 Å². The number of carbonyl (C=O) groups excluding carboxylic acids is 1. The molecule has 0 radical (unpaired) electrons. The van der Waals surface area contributed by atoms with Crippen LogP contribution in [0.2, 0.25) is 0 Å². The molecule has 140 valence electrons. The van der Waals surface area contributed by atoms with Gasteiger partial charge in [0.1, 0.15) is 5.00 Å². The number of anilines is 1. The molecular weight excluding hydrogens is 370 g/mol. The molecule has 1 amide bonds. The van der Waals surface area contributed by atoms with Crippen molar-refractivity contribution in [2.45, 2.75) is 44.2 Å². The summed E-state index contributed by atoms with van der Waals surface area (Å²) < 4.78 is 9.61. The number of hydrogen-bond donors (Lipinski definition) is 2. The van der Waals surface area contributed by atoms with Crippen molar-refractivity contribution in [1.29, 1.82) is 0 Å². The van der Waals surface area contributed by atoms with Gasteiger partial charge >= 0.3 is 0 Å². The first-order valence-corrected chi connectivity index (χ1v) is 9.65. The molecular formula is C19H24ClN3O2S. The number of benzene rings is 1. The zero-order chi connectivity index (χ0) is 17.2. The summed E-state index contributed by atoms with van der Waals surface area (Å²) >= 11 is 1.31. The highest BCUT2D eigenvalue weighted by molar-refractivity contribution is 7.10. The molecule has 2 fully saturated rings. The predicted octanol–water partition coefficient (Wildman–Crippen LogP) is 3.75. The average Bonchev–Trinajstić information content (AvgIpc) is 3.28. The molecule has 5 nitrogen and oxygen atoms in total. The molecule has 1 aromatic heterocycles. The fourth-order valence-corrected chi connectivity index (χ4v) is 4.09. The predicted molar refractivity (Wildman–Crippen MR) is 107 cm³/mol. The third-order valence-corrected chi connectivity index (χ3v) is 5.70. The Morgan fingerprint density at radius 3 is 2.81 bits per heavy atom. The topological polar surface area (TPSA) is 63.2 Å². The van der Waals surface area contributed by atoms with E-state index in [2.05, 4.69) is 21.1 Å². The second-order valence-corrected chi connectivity index (χ2v) is 7.72. The van der Waals surface area contributed by atoms with Crippen LogP contribution >= 0.6 is 23.9 Å². The van der Waals surface area contributed by atoms with Gasteiger partial charge in [0, 0.05) is 36.8 Å². The van der Waals surface area contributed by atoms with Crippen molar-refractivity contribution in [3.63, 3.8) is 0 Å². The van der Waals surface area contributed by atoms with E-state index in [0.29, 0.717) is 23.6 Å². The standard InChI is InChI=1S/C19H23N3O2S.ClH/c1-12-9-18(25-22-12)21-19(23)14-4-2-3-13(10-14)16-11-17(16)20-15-5-7-24-8-6-15;/h2-4,9-10,15-17,20H,5-8,11H2,1H3,(H,21,23);1H. The van der Waals surface area contributed by atoms with Gasteiger partial charge in [0.05, 0.1) is 5.69 Å². The van der Waals surface area contributed by atoms with Crippen LogP contribution in [0.4, 0.5) is 5.00 Å². The smallest absolute Gasteiger partial charge is 0.256 e. The maximum atomic E-state index is 12.5. The lowest BCUT2D eigenvalue weighted by molar-refractivity contribution is 0.0774. The fraction of sp³-hybridized carbons (Fsp3) is 0.474. The Bertz CT molecular complexity index is 761. The highest BCUT2D eigenvalue weighted by Gasteiger charge is 2.39. The van der Waals surface area contributed by atoms with Crippen LogP contribution in [0.5, 0.6) is 0 Å². The summed E-state index contributed by atoms with van der Waals surface area (Å²) in [5, 5.41) is 7.47. The summed E-state index contributed by atoms with van der Waals surface area (Å²) in [4.78, 5) is 12.5. The molecule has 2 atom stereocenters. The summed E-state index contributed by atoms with van der Waals surface area (Å²) in [6, 6.07) is 11.0. The molecule has 0 bridgehead atoms. The van der Waals surface area contributed by atoms with Crippen molar-refractivity contribution in [2.24, 2.45) is 0 Å². The third-order valence-electron chi connectivity index (χ3n) is 4.90. The van der Waals surface area contributed by atoms with Crippen LogP contribution in [-0.4, -0.2) is 35.6 Å². The number of aromatic nitrogens is 1. The maximum absolute atomic E-state index is 12.5. The first-order valence-electron chi connectivity index (χ1n) is 8.87. The number of carbonyl (C=O) groups is 1. The van der Waals surface area contributed by atoms with E-state index in [1.165, 1.54) is 17.1 Å². The van der Waals surface area contributed by atoms with Gasteiger partial charge in [-0.25, -0.2) is 0 Å². The summed E-state index contributed by atoms with van der Waals surface area (Å²) in [7, 11) is 0. The van der Waals surface area contributed by atoms with E-state index >= 15 is 0 Å². The average molecular weight is 394 g/mol. The van der Waals surface area contributed by atoms with Crippen molar-refractivity contribution in [2.75, 3.05) is 18.5 Å². The first kappa shape index (κ1) is 19.3. The van der Waals surface area contributed by atoms with Crippen LogP contribution < -0.4 is 10.6 Å². The minimum Gasteiger partial charge on any atom is -0.381 e. The molecule has 1 aromatic carbocycles. The molecule has 2 N–H and O–H groups in total. The molecule has 1 aliphatic carbocycles. The Hall–Kier alpha value is -1.47. The number of nitrogens with zero attached hydrogens (tertiary/aromatic N) is 1. The Balaban J connectivity index is 0.00000196. The molecule has 26 heavy (non-hydrogen) atoms.